The van der Waals surface area contributed by atoms with Crippen LogP contribution < -0.4 is 10.6 Å². The first kappa shape index (κ1) is 19.4. The van der Waals surface area contributed by atoms with Crippen LogP contribution in [0.1, 0.15) is 63.6 Å². The Kier molecular flexibility index (Phi) is 5.53. The molecule has 2 N–H and O–H groups in total. The Morgan fingerprint density at radius 1 is 1.19 bits per heavy atom. The third-order valence-electron chi connectivity index (χ3n) is 5.73. The molecule has 146 valence electrons. The third-order valence-corrected chi connectivity index (χ3v) is 5.73. The van der Waals surface area contributed by atoms with Gasteiger partial charge in [0.05, 0.1) is 6.04 Å². The van der Waals surface area contributed by atoms with E-state index >= 15 is 0 Å². The van der Waals surface area contributed by atoms with E-state index in [4.69, 9.17) is 0 Å². The SMILES string of the molecule is CCc1ccc(C(NC(=O)CN2C(=O)NC3(CCCC3)C2=O)C(C)C)cc1. The predicted molar refractivity (Wildman–Crippen MR) is 103 cm³/mol. The first-order valence-electron chi connectivity index (χ1n) is 9.88. The van der Waals surface area contributed by atoms with Crippen molar-refractivity contribution in [3.05, 3.63) is 35.4 Å². The van der Waals surface area contributed by atoms with Gasteiger partial charge < -0.3 is 10.6 Å². The van der Waals surface area contributed by atoms with Crippen molar-refractivity contribution in [3.63, 3.8) is 0 Å². The molecule has 4 amide bonds. The second kappa shape index (κ2) is 7.71. The number of imide groups is 1. The summed E-state index contributed by atoms with van der Waals surface area (Å²) in [4.78, 5) is 38.6. The fourth-order valence-corrected chi connectivity index (χ4v) is 4.10. The molecule has 27 heavy (non-hydrogen) atoms. The lowest BCUT2D eigenvalue weighted by atomic mass is 9.95. The molecule has 1 aromatic rings. The van der Waals surface area contributed by atoms with Crippen molar-refractivity contribution in [2.24, 2.45) is 5.92 Å². The van der Waals surface area contributed by atoms with Crippen LogP contribution in [0.25, 0.3) is 0 Å². The first-order valence-corrected chi connectivity index (χ1v) is 9.88. The average Bonchev–Trinajstić information content (AvgIpc) is 3.20. The smallest absolute Gasteiger partial charge is 0.325 e. The molecule has 0 bridgehead atoms. The van der Waals surface area contributed by atoms with E-state index in [-0.39, 0.29) is 30.3 Å². The van der Waals surface area contributed by atoms with Gasteiger partial charge in [0.15, 0.2) is 0 Å². The molecule has 2 aliphatic rings. The molecule has 1 aliphatic carbocycles. The molecule has 1 atom stereocenters. The molecule has 0 aromatic heterocycles. The summed E-state index contributed by atoms with van der Waals surface area (Å²) in [5, 5.41) is 5.82. The number of amides is 4. The van der Waals surface area contributed by atoms with Gasteiger partial charge in [-0.3, -0.25) is 14.5 Å². The number of carbonyl (C=O) groups excluding carboxylic acids is 3. The average molecular weight is 371 g/mol. The molecule has 1 heterocycles. The maximum atomic E-state index is 12.7. The number of rotatable bonds is 6. The standard InChI is InChI=1S/C21H29N3O3/c1-4-15-7-9-16(10-8-15)18(14(2)3)22-17(25)13-24-19(26)21(23-20(24)27)11-5-6-12-21/h7-10,14,18H,4-6,11-13H2,1-3H3,(H,22,25)(H,23,27). The van der Waals surface area contributed by atoms with Gasteiger partial charge in [-0.2, -0.15) is 0 Å². The summed E-state index contributed by atoms with van der Waals surface area (Å²) >= 11 is 0. The van der Waals surface area contributed by atoms with Gasteiger partial charge in [-0.25, -0.2) is 4.79 Å². The van der Waals surface area contributed by atoms with Crippen LogP contribution in [0.5, 0.6) is 0 Å². The highest BCUT2D eigenvalue weighted by Gasteiger charge is 2.52. The van der Waals surface area contributed by atoms with Gasteiger partial charge in [0.2, 0.25) is 5.91 Å². The zero-order valence-corrected chi connectivity index (χ0v) is 16.4. The van der Waals surface area contributed by atoms with Crippen LogP contribution in [-0.2, 0) is 16.0 Å². The summed E-state index contributed by atoms with van der Waals surface area (Å²) in [5.74, 6) is -0.383. The predicted octanol–water partition coefficient (Wildman–Crippen LogP) is 2.93. The van der Waals surface area contributed by atoms with Crippen LogP contribution in [0, 0.1) is 5.92 Å². The lowest BCUT2D eigenvalue weighted by molar-refractivity contribution is -0.135. The summed E-state index contributed by atoms with van der Waals surface area (Å²) in [6, 6.07) is 7.59. The van der Waals surface area contributed by atoms with Crippen molar-refractivity contribution in [1.82, 2.24) is 15.5 Å². The Morgan fingerprint density at radius 2 is 1.81 bits per heavy atom. The van der Waals surface area contributed by atoms with Gasteiger partial charge >= 0.3 is 6.03 Å². The highest BCUT2D eigenvalue weighted by atomic mass is 16.2. The van der Waals surface area contributed by atoms with Crippen LogP contribution in [0.2, 0.25) is 0 Å². The molecule has 1 aromatic carbocycles. The van der Waals surface area contributed by atoms with Crippen LogP contribution in [0.15, 0.2) is 24.3 Å². The molecule has 6 heteroatoms. The summed E-state index contributed by atoms with van der Waals surface area (Å²) in [6.07, 6.45) is 4.14. The molecule has 2 fully saturated rings. The zero-order valence-electron chi connectivity index (χ0n) is 16.4. The van der Waals surface area contributed by atoms with Crippen molar-refractivity contribution in [1.29, 1.82) is 0 Å². The lowest BCUT2D eigenvalue weighted by Gasteiger charge is -2.24. The third kappa shape index (κ3) is 3.84. The first-order chi connectivity index (χ1) is 12.9. The Morgan fingerprint density at radius 3 is 2.37 bits per heavy atom. The number of benzene rings is 1. The highest BCUT2D eigenvalue weighted by molar-refractivity contribution is 6.09. The summed E-state index contributed by atoms with van der Waals surface area (Å²) in [7, 11) is 0. The van der Waals surface area contributed by atoms with Crippen molar-refractivity contribution in [3.8, 4) is 0 Å². The van der Waals surface area contributed by atoms with Crippen molar-refractivity contribution >= 4 is 17.8 Å². The molecular weight excluding hydrogens is 342 g/mol. The number of carbonyl (C=O) groups is 3. The lowest BCUT2D eigenvalue weighted by Crippen LogP contribution is -2.46. The molecule has 6 nitrogen and oxygen atoms in total. The van der Waals surface area contributed by atoms with Crippen molar-refractivity contribution in [2.75, 3.05) is 6.54 Å². The van der Waals surface area contributed by atoms with E-state index in [1.807, 2.05) is 26.0 Å². The minimum Gasteiger partial charge on any atom is -0.347 e. The molecule has 3 rings (SSSR count). The van der Waals surface area contributed by atoms with E-state index in [1.54, 1.807) is 0 Å². The van der Waals surface area contributed by atoms with Crippen LogP contribution in [-0.4, -0.2) is 34.8 Å². The Hall–Kier alpha value is -2.37. The van der Waals surface area contributed by atoms with Gasteiger partial charge in [-0.1, -0.05) is 57.9 Å². The van der Waals surface area contributed by atoms with Crippen LogP contribution >= 0.6 is 0 Å². The summed E-state index contributed by atoms with van der Waals surface area (Å²) in [5.41, 5.74) is 1.50. The maximum absolute atomic E-state index is 12.7. The van der Waals surface area contributed by atoms with Crippen molar-refractivity contribution < 1.29 is 14.4 Å². The minimum absolute atomic E-state index is 0.162. The van der Waals surface area contributed by atoms with Gasteiger partial charge in [-0.05, 0) is 36.3 Å². The van der Waals surface area contributed by atoms with E-state index in [2.05, 4.69) is 29.7 Å². The summed E-state index contributed by atoms with van der Waals surface area (Å²) in [6.45, 7) is 5.95. The number of urea groups is 1. The quantitative estimate of drug-likeness (QED) is 0.755. The maximum Gasteiger partial charge on any atom is 0.325 e. The monoisotopic (exact) mass is 371 g/mol. The van der Waals surface area contributed by atoms with E-state index in [1.165, 1.54) is 5.56 Å². The minimum atomic E-state index is -0.773. The van der Waals surface area contributed by atoms with Gasteiger partial charge in [0.25, 0.3) is 5.91 Å². The summed E-state index contributed by atoms with van der Waals surface area (Å²) < 4.78 is 0. The van der Waals surface area contributed by atoms with Crippen LogP contribution in [0.4, 0.5) is 4.79 Å². The molecular formula is C21H29N3O3. The molecule has 1 aliphatic heterocycles. The van der Waals surface area contributed by atoms with E-state index in [0.29, 0.717) is 12.8 Å². The molecule has 1 spiro atoms. The van der Waals surface area contributed by atoms with E-state index in [0.717, 1.165) is 29.7 Å². The van der Waals surface area contributed by atoms with Gasteiger partial charge in [0, 0.05) is 0 Å². The highest BCUT2D eigenvalue weighted by Crippen LogP contribution is 2.35. The van der Waals surface area contributed by atoms with E-state index < -0.39 is 11.6 Å². The number of nitrogens with zero attached hydrogens (tertiary/aromatic N) is 1. The van der Waals surface area contributed by atoms with Gasteiger partial charge in [0.1, 0.15) is 12.1 Å². The molecule has 1 saturated carbocycles. The zero-order chi connectivity index (χ0) is 19.6. The van der Waals surface area contributed by atoms with Crippen LogP contribution in [0.3, 0.4) is 0 Å². The Labute approximate surface area is 160 Å². The number of hydrogen-bond acceptors (Lipinski definition) is 3. The topological polar surface area (TPSA) is 78.5 Å². The van der Waals surface area contributed by atoms with Crippen molar-refractivity contribution in [2.45, 2.75) is 64.5 Å². The second-order valence-electron chi connectivity index (χ2n) is 8.00. The molecule has 1 unspecified atom stereocenters. The molecule has 0 radical (unpaired) electrons. The fourth-order valence-electron chi connectivity index (χ4n) is 4.10. The number of aryl methyl sites for hydroxylation is 1. The fraction of sp³-hybridized carbons (Fsp3) is 0.571. The normalized spacial score (nSPS) is 19.6. The molecule has 1 saturated heterocycles. The Bertz CT molecular complexity index is 721. The Balaban J connectivity index is 1.67. The van der Waals surface area contributed by atoms with E-state index in [9.17, 15) is 14.4 Å². The number of nitrogens with one attached hydrogen (secondary N) is 2. The largest absolute Gasteiger partial charge is 0.347 e. The number of hydrogen-bond donors (Lipinski definition) is 2. The second-order valence-corrected chi connectivity index (χ2v) is 8.00. The van der Waals surface area contributed by atoms with Gasteiger partial charge in [-0.15, -0.1) is 0 Å².